The number of carbonyl (C=O) groups is 1. The number of halogens is 3. The van der Waals surface area contributed by atoms with Gasteiger partial charge in [0, 0.05) is 37.6 Å². The molecule has 1 saturated heterocycles. The summed E-state index contributed by atoms with van der Waals surface area (Å²) >= 11 is 0. The molecular weight excluding hydrogens is 427 g/mol. The highest BCUT2D eigenvalue weighted by atomic mass is 19.4. The Balaban J connectivity index is 1.32. The van der Waals surface area contributed by atoms with Gasteiger partial charge in [-0.1, -0.05) is 54.6 Å². The first-order valence-corrected chi connectivity index (χ1v) is 10.9. The van der Waals surface area contributed by atoms with Crippen LogP contribution in [0.4, 0.5) is 24.5 Å². The number of nitrogens with zero attached hydrogens (tertiary/aromatic N) is 2. The molecule has 3 aromatic carbocycles. The molecule has 0 unspecified atom stereocenters. The van der Waals surface area contributed by atoms with Crippen molar-refractivity contribution in [3.8, 4) is 0 Å². The molecule has 0 aliphatic carbocycles. The first-order valence-electron chi connectivity index (χ1n) is 10.9. The molecule has 33 heavy (non-hydrogen) atoms. The fourth-order valence-electron chi connectivity index (χ4n) is 4.05. The van der Waals surface area contributed by atoms with E-state index in [1.165, 1.54) is 17.7 Å². The van der Waals surface area contributed by atoms with Gasteiger partial charge in [0.2, 0.25) is 5.91 Å². The molecule has 0 bridgehead atoms. The lowest BCUT2D eigenvalue weighted by Crippen LogP contribution is -2.48. The maximum absolute atomic E-state index is 13.0. The van der Waals surface area contributed by atoms with Crippen molar-refractivity contribution in [3.63, 3.8) is 0 Å². The Morgan fingerprint density at radius 3 is 2.27 bits per heavy atom. The fourth-order valence-corrected chi connectivity index (χ4v) is 4.05. The number of piperazine rings is 1. The van der Waals surface area contributed by atoms with Crippen LogP contribution in [0.1, 0.15) is 16.7 Å². The second-order valence-electron chi connectivity index (χ2n) is 8.18. The number of hydrogen-bond acceptors (Lipinski definition) is 3. The second kappa shape index (κ2) is 10.1. The third-order valence-electron chi connectivity index (χ3n) is 5.81. The summed E-state index contributed by atoms with van der Waals surface area (Å²) in [6.07, 6.45) is -3.63. The van der Waals surface area contributed by atoms with E-state index in [1.54, 1.807) is 6.07 Å². The van der Waals surface area contributed by atoms with Crippen molar-refractivity contribution in [2.24, 2.45) is 0 Å². The normalized spacial score (nSPS) is 14.8. The number of amides is 1. The Labute approximate surface area is 191 Å². The maximum Gasteiger partial charge on any atom is 0.416 e. The fraction of sp³-hybridized carbons (Fsp3) is 0.269. The minimum atomic E-state index is -4.35. The number of anilines is 2. The van der Waals surface area contributed by atoms with Crippen molar-refractivity contribution in [2.45, 2.75) is 12.6 Å². The number of para-hydroxylation sites is 1. The predicted molar refractivity (Wildman–Crippen MR) is 124 cm³/mol. The first kappa shape index (κ1) is 22.9. The molecule has 0 spiro atoms. The lowest BCUT2D eigenvalue weighted by Gasteiger charge is -2.36. The molecule has 1 heterocycles. The summed E-state index contributed by atoms with van der Waals surface area (Å²) in [6, 6.07) is 23.3. The van der Waals surface area contributed by atoms with Crippen LogP contribution >= 0.6 is 0 Å². The van der Waals surface area contributed by atoms with Crippen LogP contribution in [0, 0.1) is 0 Å². The van der Waals surface area contributed by atoms with E-state index in [2.05, 4.69) is 17.4 Å². The van der Waals surface area contributed by atoms with Gasteiger partial charge in [-0.3, -0.25) is 9.69 Å². The Kier molecular flexibility index (Phi) is 6.99. The van der Waals surface area contributed by atoms with Crippen LogP contribution in [0.2, 0.25) is 0 Å². The molecule has 0 radical (unpaired) electrons. The van der Waals surface area contributed by atoms with E-state index >= 15 is 0 Å². The van der Waals surface area contributed by atoms with Crippen LogP contribution in [0.25, 0.3) is 0 Å². The number of rotatable bonds is 6. The third kappa shape index (κ3) is 6.14. The molecule has 172 valence electrons. The van der Waals surface area contributed by atoms with Crippen LogP contribution < -0.4 is 10.2 Å². The zero-order valence-corrected chi connectivity index (χ0v) is 18.2. The number of alkyl halides is 3. The topological polar surface area (TPSA) is 35.6 Å². The summed E-state index contributed by atoms with van der Waals surface area (Å²) in [5.41, 5.74) is 2.94. The molecule has 1 aliphatic rings. The van der Waals surface area contributed by atoms with Crippen molar-refractivity contribution < 1.29 is 18.0 Å². The predicted octanol–water partition coefficient (Wildman–Crippen LogP) is 5.06. The summed E-state index contributed by atoms with van der Waals surface area (Å²) in [4.78, 5) is 16.7. The molecule has 1 fully saturated rings. The smallest absolute Gasteiger partial charge is 0.369 e. The highest BCUT2D eigenvalue weighted by Gasteiger charge is 2.31. The highest BCUT2D eigenvalue weighted by molar-refractivity contribution is 5.93. The van der Waals surface area contributed by atoms with E-state index in [-0.39, 0.29) is 12.5 Å². The summed E-state index contributed by atoms with van der Waals surface area (Å²) in [7, 11) is 0. The van der Waals surface area contributed by atoms with Crippen molar-refractivity contribution in [3.05, 3.63) is 95.6 Å². The zero-order chi connectivity index (χ0) is 23.3. The molecule has 1 aliphatic heterocycles. The Morgan fingerprint density at radius 2 is 1.55 bits per heavy atom. The number of carbonyl (C=O) groups excluding carboxylic acids is 1. The summed E-state index contributed by atoms with van der Waals surface area (Å²) in [5, 5.41) is 3.03. The molecule has 4 rings (SSSR count). The van der Waals surface area contributed by atoms with Gasteiger partial charge in [0.1, 0.15) is 0 Å². The SMILES string of the molecule is O=C(CN1CCN(c2cccc(C(F)(F)F)c2)CC1)Nc1ccccc1Cc1ccccc1. The van der Waals surface area contributed by atoms with Crippen molar-refractivity contribution in [1.29, 1.82) is 0 Å². The average molecular weight is 454 g/mol. The van der Waals surface area contributed by atoms with Gasteiger partial charge in [-0.05, 0) is 41.8 Å². The lowest BCUT2D eigenvalue weighted by atomic mass is 10.0. The molecular formula is C26H26F3N3O. The molecule has 4 nitrogen and oxygen atoms in total. The van der Waals surface area contributed by atoms with Crippen LogP contribution in [-0.4, -0.2) is 43.5 Å². The van der Waals surface area contributed by atoms with Crippen LogP contribution in [0.5, 0.6) is 0 Å². The molecule has 1 N–H and O–H groups in total. The van der Waals surface area contributed by atoms with Crippen LogP contribution in [0.15, 0.2) is 78.9 Å². The largest absolute Gasteiger partial charge is 0.416 e. The first-order chi connectivity index (χ1) is 15.9. The number of nitrogens with one attached hydrogen (secondary N) is 1. The standard InChI is InChI=1S/C26H26F3N3O/c27-26(28,29)22-10-6-11-23(18-22)32-15-13-31(14-16-32)19-25(33)30-24-12-5-4-9-21(24)17-20-7-2-1-3-8-20/h1-12,18H,13-17,19H2,(H,30,33). The van der Waals surface area contributed by atoms with Gasteiger partial charge >= 0.3 is 6.18 Å². The van der Waals surface area contributed by atoms with Crippen molar-refractivity contribution >= 4 is 17.3 Å². The van der Waals surface area contributed by atoms with E-state index < -0.39 is 11.7 Å². The molecule has 0 saturated carbocycles. The summed E-state index contributed by atoms with van der Waals surface area (Å²) in [6.45, 7) is 2.60. The van der Waals surface area contributed by atoms with Crippen molar-refractivity contribution in [2.75, 3.05) is 42.9 Å². The van der Waals surface area contributed by atoms with Gasteiger partial charge < -0.3 is 10.2 Å². The zero-order valence-electron chi connectivity index (χ0n) is 18.2. The van der Waals surface area contributed by atoms with Gasteiger partial charge in [-0.2, -0.15) is 13.2 Å². The van der Waals surface area contributed by atoms with Crippen LogP contribution in [0.3, 0.4) is 0 Å². The third-order valence-corrected chi connectivity index (χ3v) is 5.81. The number of benzene rings is 3. The van der Waals surface area contributed by atoms with Gasteiger partial charge in [-0.15, -0.1) is 0 Å². The van der Waals surface area contributed by atoms with E-state index in [4.69, 9.17) is 0 Å². The second-order valence-corrected chi connectivity index (χ2v) is 8.18. The minimum Gasteiger partial charge on any atom is -0.369 e. The minimum absolute atomic E-state index is 0.0944. The molecule has 0 aromatic heterocycles. The molecule has 7 heteroatoms. The van der Waals surface area contributed by atoms with Gasteiger partial charge in [0.05, 0.1) is 12.1 Å². The molecule has 0 atom stereocenters. The quantitative estimate of drug-likeness (QED) is 0.567. The summed E-state index contributed by atoms with van der Waals surface area (Å²) < 4.78 is 39.0. The van der Waals surface area contributed by atoms with Gasteiger partial charge in [0.15, 0.2) is 0 Å². The highest BCUT2D eigenvalue weighted by Crippen LogP contribution is 2.31. The number of hydrogen-bond donors (Lipinski definition) is 1. The monoisotopic (exact) mass is 453 g/mol. The lowest BCUT2D eigenvalue weighted by molar-refractivity contribution is -0.137. The van der Waals surface area contributed by atoms with Gasteiger partial charge in [-0.25, -0.2) is 0 Å². The van der Waals surface area contributed by atoms with E-state index in [0.29, 0.717) is 31.9 Å². The van der Waals surface area contributed by atoms with E-state index in [0.717, 1.165) is 23.7 Å². The molecule has 3 aromatic rings. The Morgan fingerprint density at radius 1 is 0.848 bits per heavy atom. The van der Waals surface area contributed by atoms with Crippen molar-refractivity contribution in [1.82, 2.24) is 4.90 Å². The van der Waals surface area contributed by atoms with Crippen LogP contribution in [-0.2, 0) is 17.4 Å². The maximum atomic E-state index is 13.0. The van der Waals surface area contributed by atoms with E-state index in [1.807, 2.05) is 52.3 Å². The van der Waals surface area contributed by atoms with E-state index in [9.17, 15) is 18.0 Å². The van der Waals surface area contributed by atoms with Gasteiger partial charge in [0.25, 0.3) is 0 Å². The Bertz CT molecular complexity index is 1080. The molecule has 1 amide bonds. The Hall–Kier alpha value is -3.32. The average Bonchev–Trinajstić information content (AvgIpc) is 2.81. The summed E-state index contributed by atoms with van der Waals surface area (Å²) in [5.74, 6) is -0.0944.